The van der Waals surface area contributed by atoms with Crippen LogP contribution in [0.3, 0.4) is 0 Å². The Bertz CT molecular complexity index is 459. The molecule has 1 amide bonds. The molecule has 2 rings (SSSR count). The smallest absolute Gasteiger partial charge is 0.240 e. The second kappa shape index (κ2) is 6.15. The average Bonchev–Trinajstić information content (AvgIpc) is 2.62. The Morgan fingerprint density at radius 2 is 2.26 bits per heavy atom. The fourth-order valence-corrected chi connectivity index (χ4v) is 2.37. The summed E-state index contributed by atoms with van der Waals surface area (Å²) in [4.78, 5) is 18.6. The van der Waals surface area contributed by atoms with Gasteiger partial charge >= 0.3 is 0 Å². The minimum atomic E-state index is 0.138. The van der Waals surface area contributed by atoms with Crippen LogP contribution in [0.5, 0.6) is 0 Å². The molecule has 1 aliphatic heterocycles. The maximum atomic E-state index is 12.1. The molecule has 1 N–H and O–H groups in total. The molecule has 0 saturated carbocycles. The molecule has 0 bridgehead atoms. The van der Waals surface area contributed by atoms with Gasteiger partial charge in [-0.15, -0.1) is 0 Å². The zero-order valence-corrected chi connectivity index (χ0v) is 12.1. The van der Waals surface area contributed by atoms with Crippen LogP contribution in [-0.2, 0) is 4.79 Å². The summed E-state index contributed by atoms with van der Waals surface area (Å²) in [6, 6.07) is 4.11. The zero-order chi connectivity index (χ0) is 13.8. The summed E-state index contributed by atoms with van der Waals surface area (Å²) < 4.78 is 0. The van der Waals surface area contributed by atoms with Gasteiger partial charge < -0.3 is 10.2 Å². The Labute approximate surface area is 115 Å². The maximum Gasteiger partial charge on any atom is 0.240 e. The highest BCUT2D eigenvalue weighted by atomic mass is 16.2. The molecule has 104 valence electrons. The molecule has 1 aliphatic rings. The van der Waals surface area contributed by atoms with E-state index in [1.54, 1.807) is 0 Å². The molecule has 1 unspecified atom stereocenters. The molecular formula is C15H23N3O. The van der Waals surface area contributed by atoms with Crippen LogP contribution in [0.4, 0.5) is 5.69 Å². The van der Waals surface area contributed by atoms with Crippen molar-refractivity contribution in [2.75, 3.05) is 24.5 Å². The molecule has 1 aromatic rings. The van der Waals surface area contributed by atoms with Gasteiger partial charge in [-0.05, 0) is 44.4 Å². The highest BCUT2D eigenvalue weighted by molar-refractivity contribution is 5.95. The summed E-state index contributed by atoms with van der Waals surface area (Å²) in [5.74, 6) is 0.605. The van der Waals surface area contributed by atoms with Crippen molar-refractivity contribution >= 4 is 11.6 Å². The first-order valence-electron chi connectivity index (χ1n) is 7.12. The standard InChI is InChI=1S/C15H23N3O/c1-4-11(2)13-6-7-14(12(3)17-13)18-9-5-8-16-10-15(18)19/h6-7,11,16H,4-5,8-10H2,1-3H3. The van der Waals surface area contributed by atoms with E-state index >= 15 is 0 Å². The van der Waals surface area contributed by atoms with Crippen molar-refractivity contribution in [2.24, 2.45) is 0 Å². The highest BCUT2D eigenvalue weighted by Gasteiger charge is 2.20. The van der Waals surface area contributed by atoms with Gasteiger partial charge in [-0.2, -0.15) is 0 Å². The normalized spacial score (nSPS) is 18.3. The Morgan fingerprint density at radius 3 is 2.95 bits per heavy atom. The van der Waals surface area contributed by atoms with Crippen LogP contribution in [0.1, 0.15) is 44.0 Å². The van der Waals surface area contributed by atoms with E-state index in [1.807, 2.05) is 17.9 Å². The number of rotatable bonds is 3. The van der Waals surface area contributed by atoms with Gasteiger partial charge in [0.2, 0.25) is 5.91 Å². The lowest BCUT2D eigenvalue weighted by Crippen LogP contribution is -2.35. The van der Waals surface area contributed by atoms with Gasteiger partial charge in [-0.25, -0.2) is 0 Å². The number of aromatic nitrogens is 1. The molecule has 19 heavy (non-hydrogen) atoms. The van der Waals surface area contributed by atoms with E-state index in [0.29, 0.717) is 12.5 Å². The van der Waals surface area contributed by atoms with Crippen molar-refractivity contribution in [3.63, 3.8) is 0 Å². The van der Waals surface area contributed by atoms with Crippen molar-refractivity contribution in [2.45, 2.75) is 39.5 Å². The van der Waals surface area contributed by atoms with E-state index in [1.165, 1.54) is 0 Å². The monoisotopic (exact) mass is 261 g/mol. The van der Waals surface area contributed by atoms with Crippen molar-refractivity contribution in [1.29, 1.82) is 0 Å². The molecule has 4 nitrogen and oxygen atoms in total. The molecule has 0 radical (unpaired) electrons. The molecule has 0 aliphatic carbocycles. The van der Waals surface area contributed by atoms with Crippen molar-refractivity contribution in [3.8, 4) is 0 Å². The lowest BCUT2D eigenvalue weighted by atomic mass is 10.0. The van der Waals surface area contributed by atoms with Gasteiger partial charge in [0.15, 0.2) is 0 Å². The van der Waals surface area contributed by atoms with Gasteiger partial charge in [0, 0.05) is 12.2 Å². The number of aryl methyl sites for hydroxylation is 1. The van der Waals surface area contributed by atoms with Gasteiger partial charge in [-0.1, -0.05) is 13.8 Å². The van der Waals surface area contributed by atoms with Crippen LogP contribution in [0.2, 0.25) is 0 Å². The fraction of sp³-hybridized carbons (Fsp3) is 0.600. The first kappa shape index (κ1) is 14.0. The average molecular weight is 261 g/mol. The molecule has 1 fully saturated rings. The van der Waals surface area contributed by atoms with Gasteiger partial charge in [0.05, 0.1) is 17.9 Å². The third kappa shape index (κ3) is 3.13. The van der Waals surface area contributed by atoms with Crippen molar-refractivity contribution in [1.82, 2.24) is 10.3 Å². The molecule has 1 aromatic heterocycles. The van der Waals surface area contributed by atoms with E-state index < -0.39 is 0 Å². The number of carbonyl (C=O) groups is 1. The predicted octanol–water partition coefficient (Wildman–Crippen LogP) is 2.23. The third-order valence-electron chi connectivity index (χ3n) is 3.80. The SMILES string of the molecule is CCC(C)c1ccc(N2CCCNCC2=O)c(C)n1. The number of hydrogen-bond acceptors (Lipinski definition) is 3. The molecule has 1 saturated heterocycles. The third-order valence-corrected chi connectivity index (χ3v) is 3.80. The number of pyridine rings is 1. The first-order chi connectivity index (χ1) is 9.13. The lowest BCUT2D eigenvalue weighted by molar-refractivity contribution is -0.117. The number of hydrogen-bond donors (Lipinski definition) is 1. The number of amides is 1. The molecule has 1 atom stereocenters. The number of anilines is 1. The van der Waals surface area contributed by atoms with E-state index in [4.69, 9.17) is 0 Å². The number of nitrogens with one attached hydrogen (secondary N) is 1. The maximum absolute atomic E-state index is 12.1. The van der Waals surface area contributed by atoms with Gasteiger partial charge in [-0.3, -0.25) is 9.78 Å². The van der Waals surface area contributed by atoms with E-state index in [2.05, 4.69) is 30.2 Å². The van der Waals surface area contributed by atoms with E-state index in [0.717, 1.165) is 43.0 Å². The summed E-state index contributed by atoms with van der Waals surface area (Å²) in [6.07, 6.45) is 2.07. The molecule has 0 aromatic carbocycles. The van der Waals surface area contributed by atoms with Crippen LogP contribution in [-0.4, -0.2) is 30.5 Å². The summed E-state index contributed by atoms with van der Waals surface area (Å²) in [7, 11) is 0. The van der Waals surface area contributed by atoms with Gasteiger partial charge in [0.25, 0.3) is 0 Å². The van der Waals surface area contributed by atoms with Crippen LogP contribution in [0.25, 0.3) is 0 Å². The molecule has 4 heteroatoms. The van der Waals surface area contributed by atoms with E-state index in [9.17, 15) is 4.79 Å². The Morgan fingerprint density at radius 1 is 1.47 bits per heavy atom. The van der Waals surface area contributed by atoms with Crippen LogP contribution in [0, 0.1) is 6.92 Å². The fourth-order valence-electron chi connectivity index (χ4n) is 2.37. The molecular weight excluding hydrogens is 238 g/mol. The van der Waals surface area contributed by atoms with E-state index in [-0.39, 0.29) is 5.91 Å². The van der Waals surface area contributed by atoms with Crippen LogP contribution < -0.4 is 10.2 Å². The number of carbonyl (C=O) groups excluding carboxylic acids is 1. The Kier molecular flexibility index (Phi) is 4.53. The summed E-state index contributed by atoms with van der Waals surface area (Å²) in [5, 5.41) is 3.14. The predicted molar refractivity (Wildman–Crippen MR) is 77.5 cm³/mol. The topological polar surface area (TPSA) is 45.2 Å². The summed E-state index contributed by atoms with van der Waals surface area (Å²) in [6.45, 7) is 8.44. The van der Waals surface area contributed by atoms with Crippen LogP contribution >= 0.6 is 0 Å². The Balaban J connectivity index is 2.26. The van der Waals surface area contributed by atoms with Crippen molar-refractivity contribution < 1.29 is 4.79 Å². The van der Waals surface area contributed by atoms with Crippen LogP contribution in [0.15, 0.2) is 12.1 Å². The minimum absolute atomic E-state index is 0.138. The minimum Gasteiger partial charge on any atom is -0.309 e. The summed E-state index contributed by atoms with van der Waals surface area (Å²) >= 11 is 0. The first-order valence-corrected chi connectivity index (χ1v) is 7.12. The number of nitrogens with zero attached hydrogens (tertiary/aromatic N) is 2. The molecule has 0 spiro atoms. The van der Waals surface area contributed by atoms with Crippen molar-refractivity contribution in [3.05, 3.63) is 23.5 Å². The summed E-state index contributed by atoms with van der Waals surface area (Å²) in [5.41, 5.74) is 3.03. The van der Waals surface area contributed by atoms with Gasteiger partial charge in [0.1, 0.15) is 0 Å². The zero-order valence-electron chi connectivity index (χ0n) is 12.1. The quantitative estimate of drug-likeness (QED) is 0.907. The molecule has 2 heterocycles. The highest BCUT2D eigenvalue weighted by Crippen LogP contribution is 2.24. The second-order valence-corrected chi connectivity index (χ2v) is 5.23. The second-order valence-electron chi connectivity index (χ2n) is 5.23. The largest absolute Gasteiger partial charge is 0.309 e. The lowest BCUT2D eigenvalue weighted by Gasteiger charge is -2.22. The Hall–Kier alpha value is -1.42.